The van der Waals surface area contributed by atoms with Crippen molar-refractivity contribution in [3.05, 3.63) is 98.5 Å². The van der Waals surface area contributed by atoms with Gasteiger partial charge in [0, 0.05) is 16.7 Å². The van der Waals surface area contributed by atoms with Crippen LogP contribution in [-0.2, 0) is 0 Å². The van der Waals surface area contributed by atoms with E-state index in [4.69, 9.17) is 4.98 Å². The predicted octanol–water partition coefficient (Wildman–Crippen LogP) is 8.01. The summed E-state index contributed by atoms with van der Waals surface area (Å²) in [6.07, 6.45) is 0. The van der Waals surface area contributed by atoms with Gasteiger partial charge in [-0.1, -0.05) is 74.0 Å². The average molecular weight is 576 g/mol. The summed E-state index contributed by atoms with van der Waals surface area (Å²) >= 11 is 3.48. The molecular weight excluding hydrogens is 540 g/mol. The van der Waals surface area contributed by atoms with Gasteiger partial charge in [0.25, 0.3) is 5.56 Å². The van der Waals surface area contributed by atoms with Gasteiger partial charge in [0.15, 0.2) is 0 Å². The molecule has 0 spiro atoms. The van der Waals surface area contributed by atoms with E-state index in [2.05, 4.69) is 67.1 Å². The molecule has 0 aliphatic rings. The SMILES string of the molecule is CCN(C(=O)Nc1c(C(C)C)cccc1C(C)C)C(C)c1nc2ccccc2c(=O)n1-c1ccc(Br)cc1. The normalized spacial score (nSPS) is 12.2. The monoisotopic (exact) mass is 574 g/mol. The fourth-order valence-electron chi connectivity index (χ4n) is 4.88. The van der Waals surface area contributed by atoms with Crippen molar-refractivity contribution in [2.75, 3.05) is 11.9 Å². The number of anilines is 1. The largest absolute Gasteiger partial charge is 0.322 e. The quantitative estimate of drug-likeness (QED) is 0.243. The molecule has 1 unspecified atom stereocenters. The number of nitrogens with zero attached hydrogens (tertiary/aromatic N) is 3. The number of benzene rings is 3. The van der Waals surface area contributed by atoms with Crippen LogP contribution in [0.15, 0.2) is 76.0 Å². The zero-order valence-corrected chi connectivity index (χ0v) is 24.4. The summed E-state index contributed by atoms with van der Waals surface area (Å²) in [5.74, 6) is 1.01. The van der Waals surface area contributed by atoms with Crippen molar-refractivity contribution >= 4 is 38.6 Å². The molecular formula is C31H35BrN4O2. The highest BCUT2D eigenvalue weighted by atomic mass is 79.9. The molecule has 0 radical (unpaired) electrons. The van der Waals surface area contributed by atoms with Gasteiger partial charge in [0.05, 0.1) is 22.6 Å². The molecule has 38 heavy (non-hydrogen) atoms. The van der Waals surface area contributed by atoms with Gasteiger partial charge in [-0.25, -0.2) is 9.78 Å². The van der Waals surface area contributed by atoms with E-state index >= 15 is 0 Å². The lowest BCUT2D eigenvalue weighted by Crippen LogP contribution is -2.40. The fourth-order valence-corrected chi connectivity index (χ4v) is 5.14. The molecule has 0 bridgehead atoms. The summed E-state index contributed by atoms with van der Waals surface area (Å²) < 4.78 is 2.54. The molecule has 2 amide bonds. The Morgan fingerprint density at radius 1 is 0.921 bits per heavy atom. The maximum atomic E-state index is 13.8. The standard InChI is InChI=1S/C31H35BrN4O2/c1-7-35(31(38)34-28-24(19(2)3)12-10-13-25(28)20(4)5)21(6)29-33-27-14-9-8-11-26(27)30(37)36(29)23-17-15-22(32)16-18-23/h8-21H,7H2,1-6H3,(H,34,38). The number of urea groups is 1. The van der Waals surface area contributed by atoms with Crippen LogP contribution in [0.4, 0.5) is 10.5 Å². The molecule has 0 fully saturated rings. The van der Waals surface area contributed by atoms with Gasteiger partial charge in [-0.2, -0.15) is 0 Å². The number of hydrogen-bond acceptors (Lipinski definition) is 3. The first-order chi connectivity index (χ1) is 18.1. The number of aromatic nitrogens is 2. The van der Waals surface area contributed by atoms with Crippen molar-refractivity contribution in [2.45, 2.75) is 59.4 Å². The zero-order valence-electron chi connectivity index (χ0n) is 22.8. The third-order valence-electron chi connectivity index (χ3n) is 6.93. The van der Waals surface area contributed by atoms with E-state index in [1.807, 2.05) is 56.3 Å². The minimum Gasteiger partial charge on any atom is -0.315 e. The number of carbonyl (C=O) groups excluding carboxylic acids is 1. The number of para-hydroxylation sites is 2. The third-order valence-corrected chi connectivity index (χ3v) is 7.46. The van der Waals surface area contributed by atoms with E-state index in [0.717, 1.165) is 21.3 Å². The van der Waals surface area contributed by atoms with E-state index in [1.165, 1.54) is 0 Å². The summed E-state index contributed by atoms with van der Waals surface area (Å²) in [6, 6.07) is 20.4. The highest BCUT2D eigenvalue weighted by Gasteiger charge is 2.27. The Hall–Kier alpha value is -3.45. The van der Waals surface area contributed by atoms with Crippen molar-refractivity contribution in [3.63, 3.8) is 0 Å². The van der Waals surface area contributed by atoms with Gasteiger partial charge in [-0.3, -0.25) is 9.36 Å². The number of amides is 2. The van der Waals surface area contributed by atoms with Crippen molar-refractivity contribution in [1.29, 1.82) is 0 Å². The van der Waals surface area contributed by atoms with Crippen molar-refractivity contribution in [1.82, 2.24) is 14.5 Å². The highest BCUT2D eigenvalue weighted by molar-refractivity contribution is 9.10. The van der Waals surface area contributed by atoms with Crippen LogP contribution >= 0.6 is 15.9 Å². The smallest absolute Gasteiger partial charge is 0.315 e. The Balaban J connectivity index is 1.82. The van der Waals surface area contributed by atoms with E-state index in [1.54, 1.807) is 15.5 Å². The first-order valence-corrected chi connectivity index (χ1v) is 13.9. The van der Waals surface area contributed by atoms with E-state index in [-0.39, 0.29) is 23.4 Å². The minimum atomic E-state index is -0.477. The molecule has 3 aromatic carbocycles. The highest BCUT2D eigenvalue weighted by Crippen LogP contribution is 2.33. The van der Waals surface area contributed by atoms with Gasteiger partial charge in [0.2, 0.25) is 0 Å². The molecule has 0 saturated carbocycles. The van der Waals surface area contributed by atoms with Crippen LogP contribution < -0.4 is 10.9 Å². The molecule has 6 nitrogen and oxygen atoms in total. The van der Waals surface area contributed by atoms with Gasteiger partial charge >= 0.3 is 6.03 Å². The zero-order chi connectivity index (χ0) is 27.6. The average Bonchev–Trinajstić information content (AvgIpc) is 2.89. The fraction of sp³-hybridized carbons (Fsp3) is 0.323. The molecule has 7 heteroatoms. The predicted molar refractivity (Wildman–Crippen MR) is 159 cm³/mol. The Morgan fingerprint density at radius 3 is 2.11 bits per heavy atom. The van der Waals surface area contributed by atoms with Crippen LogP contribution in [0, 0.1) is 0 Å². The second-order valence-corrected chi connectivity index (χ2v) is 11.0. The van der Waals surface area contributed by atoms with Crippen LogP contribution in [0.5, 0.6) is 0 Å². The maximum Gasteiger partial charge on any atom is 0.322 e. The number of halogens is 1. The summed E-state index contributed by atoms with van der Waals surface area (Å²) in [4.78, 5) is 34.2. The van der Waals surface area contributed by atoms with Gasteiger partial charge in [-0.15, -0.1) is 0 Å². The van der Waals surface area contributed by atoms with Crippen LogP contribution in [0.2, 0.25) is 0 Å². The first-order valence-electron chi connectivity index (χ1n) is 13.1. The van der Waals surface area contributed by atoms with Crippen LogP contribution in [0.25, 0.3) is 16.6 Å². The van der Waals surface area contributed by atoms with E-state index < -0.39 is 6.04 Å². The number of rotatable bonds is 7. The molecule has 0 aliphatic carbocycles. The topological polar surface area (TPSA) is 67.2 Å². The Morgan fingerprint density at radius 2 is 1.53 bits per heavy atom. The second kappa shape index (κ2) is 11.5. The third kappa shape index (κ3) is 5.39. The molecule has 1 atom stereocenters. The molecule has 4 rings (SSSR count). The number of nitrogens with one attached hydrogen (secondary N) is 1. The number of hydrogen-bond donors (Lipinski definition) is 1. The molecule has 0 saturated heterocycles. The molecule has 198 valence electrons. The van der Waals surface area contributed by atoms with Crippen molar-refractivity contribution < 1.29 is 4.79 Å². The number of fused-ring (bicyclic) bond motifs is 1. The van der Waals surface area contributed by atoms with Crippen molar-refractivity contribution in [3.8, 4) is 5.69 Å². The van der Waals surface area contributed by atoms with Gasteiger partial charge in [-0.05, 0) is 73.2 Å². The van der Waals surface area contributed by atoms with Gasteiger partial charge in [0.1, 0.15) is 5.82 Å². The van der Waals surface area contributed by atoms with E-state index in [9.17, 15) is 9.59 Å². The molecule has 1 aromatic heterocycles. The second-order valence-electron chi connectivity index (χ2n) is 10.1. The molecule has 1 N–H and O–H groups in total. The molecule has 4 aromatic rings. The summed E-state index contributed by atoms with van der Waals surface area (Å²) in [5.41, 5.74) is 4.21. The van der Waals surface area contributed by atoms with Crippen LogP contribution in [0.3, 0.4) is 0 Å². The maximum absolute atomic E-state index is 13.8. The van der Waals surface area contributed by atoms with Crippen LogP contribution in [-0.4, -0.2) is 27.0 Å². The van der Waals surface area contributed by atoms with Crippen molar-refractivity contribution in [2.24, 2.45) is 0 Å². The Kier molecular flexibility index (Phi) is 8.36. The lowest BCUT2D eigenvalue weighted by molar-refractivity contribution is 0.193. The molecule has 0 aliphatic heterocycles. The first kappa shape index (κ1) is 27.6. The molecule has 1 heterocycles. The summed E-state index contributed by atoms with van der Waals surface area (Å²) in [6.45, 7) is 12.8. The lowest BCUT2D eigenvalue weighted by atomic mass is 9.93. The minimum absolute atomic E-state index is 0.163. The lowest BCUT2D eigenvalue weighted by Gasteiger charge is -2.31. The summed E-state index contributed by atoms with van der Waals surface area (Å²) in [5, 5.41) is 3.76. The van der Waals surface area contributed by atoms with E-state index in [0.29, 0.717) is 29.0 Å². The van der Waals surface area contributed by atoms with Gasteiger partial charge < -0.3 is 10.2 Å². The Labute approximate surface area is 232 Å². The van der Waals surface area contributed by atoms with Crippen LogP contribution in [0.1, 0.15) is 76.4 Å². The number of carbonyl (C=O) groups is 1. The Bertz CT molecular complexity index is 1480. The summed E-state index contributed by atoms with van der Waals surface area (Å²) in [7, 11) is 0.